The number of aromatic nitrogens is 2. The van der Waals surface area contributed by atoms with Crippen molar-refractivity contribution < 1.29 is 29.0 Å². The van der Waals surface area contributed by atoms with Gasteiger partial charge in [0, 0.05) is 52.6 Å². The monoisotopic (exact) mass is 596 g/mol. The fraction of sp³-hybridized carbons (Fsp3) is 0.188. The summed E-state index contributed by atoms with van der Waals surface area (Å²) in [7, 11) is 0. The maximum atomic E-state index is 13.3. The number of hydrogen-bond donors (Lipinski definition) is 7. The van der Waals surface area contributed by atoms with Crippen molar-refractivity contribution in [1.82, 2.24) is 15.3 Å². The molecule has 5 rings (SSSR count). The number of ether oxygens (including phenoxy) is 1. The van der Waals surface area contributed by atoms with Crippen LogP contribution < -0.4 is 26.8 Å². The highest BCUT2D eigenvalue weighted by Crippen LogP contribution is 2.28. The number of nitrogens with two attached hydrogens (primary N) is 2. The van der Waals surface area contributed by atoms with Crippen molar-refractivity contribution in [3.05, 3.63) is 95.8 Å². The first-order valence-electron chi connectivity index (χ1n) is 13.9. The van der Waals surface area contributed by atoms with E-state index in [-0.39, 0.29) is 36.4 Å². The first kappa shape index (κ1) is 29.9. The van der Waals surface area contributed by atoms with Gasteiger partial charge in [-0.05, 0) is 41.5 Å². The zero-order valence-electron chi connectivity index (χ0n) is 23.6. The Morgan fingerprint density at radius 3 is 2.18 bits per heavy atom. The molecule has 5 aromatic rings. The number of nitrogens with one attached hydrogen (secondary N) is 4. The number of benzene rings is 3. The van der Waals surface area contributed by atoms with Crippen LogP contribution in [0.4, 0.5) is 5.69 Å². The molecule has 12 nitrogen and oxygen atoms in total. The van der Waals surface area contributed by atoms with Crippen LogP contribution in [-0.2, 0) is 27.2 Å². The molecule has 12 heteroatoms. The van der Waals surface area contributed by atoms with Crippen molar-refractivity contribution in [2.75, 3.05) is 11.9 Å². The van der Waals surface area contributed by atoms with Gasteiger partial charge in [0.05, 0.1) is 24.8 Å². The number of anilines is 1. The molecule has 44 heavy (non-hydrogen) atoms. The fourth-order valence-corrected chi connectivity index (χ4v) is 4.99. The van der Waals surface area contributed by atoms with E-state index in [2.05, 4.69) is 20.6 Å². The Morgan fingerprint density at radius 1 is 0.886 bits per heavy atom. The van der Waals surface area contributed by atoms with Gasteiger partial charge >= 0.3 is 5.97 Å². The summed E-state index contributed by atoms with van der Waals surface area (Å²) < 4.78 is 6.04. The average Bonchev–Trinajstić information content (AvgIpc) is 3.61. The lowest BCUT2D eigenvalue weighted by Crippen LogP contribution is -2.42. The summed E-state index contributed by atoms with van der Waals surface area (Å²) in [6, 6.07) is 17.2. The second-order valence-corrected chi connectivity index (χ2v) is 10.4. The Labute approximate surface area is 251 Å². The van der Waals surface area contributed by atoms with Crippen molar-refractivity contribution in [3.8, 4) is 5.75 Å². The van der Waals surface area contributed by atoms with Gasteiger partial charge in [-0.2, -0.15) is 0 Å². The van der Waals surface area contributed by atoms with Crippen molar-refractivity contribution in [2.45, 2.75) is 31.3 Å². The molecule has 2 atom stereocenters. The fourth-order valence-electron chi connectivity index (χ4n) is 4.99. The number of aliphatic carboxylic acids is 1. The normalized spacial score (nSPS) is 12.5. The second-order valence-electron chi connectivity index (χ2n) is 10.4. The maximum Gasteiger partial charge on any atom is 0.326 e. The Balaban J connectivity index is 1.34. The van der Waals surface area contributed by atoms with Crippen LogP contribution in [0.5, 0.6) is 5.75 Å². The standard InChI is InChI=1S/C32H32N6O6/c33-23(15-29(34)39)31(41)37-26-10-9-18(14-28(26)44-12-11-19-16-35-24-7-3-1-5-21(19)24)30(40)38-27(32(42)43)13-20-17-36-25-8-4-2-6-22(20)25/h1-10,14,16-17,23,27,35-36H,11-13,15,33H2,(H2,34,39)(H,37,41)(H,38,40)(H,42,43)/t23-,27-/m0/s1. The lowest BCUT2D eigenvalue weighted by atomic mass is 10.0. The first-order valence-corrected chi connectivity index (χ1v) is 13.9. The number of carboxylic acids is 1. The van der Waals surface area contributed by atoms with E-state index in [9.17, 15) is 24.3 Å². The number of fused-ring (bicyclic) bond motifs is 2. The molecule has 0 unspecified atom stereocenters. The van der Waals surface area contributed by atoms with Gasteiger partial charge in [0.25, 0.3) is 5.91 Å². The summed E-state index contributed by atoms with van der Waals surface area (Å²) in [5, 5.41) is 17.0. The van der Waals surface area contributed by atoms with Crippen molar-refractivity contribution >= 4 is 51.2 Å². The van der Waals surface area contributed by atoms with Gasteiger partial charge in [0.15, 0.2) is 0 Å². The zero-order chi connectivity index (χ0) is 31.2. The van der Waals surface area contributed by atoms with Crippen LogP contribution in [0, 0.1) is 0 Å². The molecule has 0 aliphatic carbocycles. The average molecular weight is 597 g/mol. The number of aromatic amines is 2. The van der Waals surface area contributed by atoms with Crippen LogP contribution >= 0.6 is 0 Å². The number of primary amides is 1. The lowest BCUT2D eigenvalue weighted by molar-refractivity contribution is -0.139. The van der Waals surface area contributed by atoms with Crippen LogP contribution in [0.3, 0.4) is 0 Å². The lowest BCUT2D eigenvalue weighted by Gasteiger charge is -2.17. The van der Waals surface area contributed by atoms with E-state index >= 15 is 0 Å². The molecule has 0 bridgehead atoms. The highest BCUT2D eigenvalue weighted by atomic mass is 16.5. The number of para-hydroxylation sites is 2. The van der Waals surface area contributed by atoms with Gasteiger partial charge in [-0.1, -0.05) is 36.4 Å². The van der Waals surface area contributed by atoms with Crippen LogP contribution in [-0.4, -0.2) is 57.5 Å². The molecule has 2 heterocycles. The summed E-state index contributed by atoms with van der Waals surface area (Å²) in [5.41, 5.74) is 14.9. The number of carbonyl (C=O) groups excluding carboxylic acids is 3. The van der Waals surface area contributed by atoms with Crippen molar-refractivity contribution in [1.29, 1.82) is 0 Å². The van der Waals surface area contributed by atoms with Gasteiger partial charge in [0.1, 0.15) is 11.8 Å². The van der Waals surface area contributed by atoms with E-state index in [1.165, 1.54) is 18.2 Å². The number of carbonyl (C=O) groups is 4. The molecule has 226 valence electrons. The highest BCUT2D eigenvalue weighted by molar-refractivity contribution is 6.01. The Kier molecular flexibility index (Phi) is 8.91. The van der Waals surface area contributed by atoms with E-state index in [1.807, 2.05) is 54.7 Å². The van der Waals surface area contributed by atoms with Crippen LogP contribution in [0.2, 0.25) is 0 Å². The van der Waals surface area contributed by atoms with Gasteiger partial charge in [-0.25, -0.2) is 4.79 Å². The smallest absolute Gasteiger partial charge is 0.326 e. The third-order valence-corrected chi connectivity index (χ3v) is 7.27. The summed E-state index contributed by atoms with van der Waals surface area (Å²) in [4.78, 5) is 55.6. The second kappa shape index (κ2) is 13.1. The minimum absolute atomic E-state index is 0.0605. The quantitative estimate of drug-likeness (QED) is 0.108. The Hall–Kier alpha value is -5.62. The number of carboxylic acid groups (broad SMARTS) is 1. The molecule has 0 spiro atoms. The van der Waals surface area contributed by atoms with Gasteiger partial charge < -0.3 is 41.9 Å². The molecule has 0 fully saturated rings. The summed E-state index contributed by atoms with van der Waals surface area (Å²) in [6.45, 7) is 0.196. The predicted molar refractivity (Wildman–Crippen MR) is 165 cm³/mol. The largest absolute Gasteiger partial charge is 0.491 e. The maximum absolute atomic E-state index is 13.3. The van der Waals surface area contributed by atoms with E-state index in [1.54, 1.807) is 6.20 Å². The summed E-state index contributed by atoms with van der Waals surface area (Å²) >= 11 is 0. The molecule has 0 saturated heterocycles. The molecule has 0 aliphatic rings. The molecule has 9 N–H and O–H groups in total. The third-order valence-electron chi connectivity index (χ3n) is 7.27. The van der Waals surface area contributed by atoms with Crippen molar-refractivity contribution in [2.24, 2.45) is 11.5 Å². The molecule has 0 saturated carbocycles. The SMILES string of the molecule is NC(=O)C[C@H](N)C(=O)Nc1ccc(C(=O)N[C@@H](Cc2c[nH]c3ccccc23)C(=O)O)cc1OCCc1c[nH]c2ccccc12. The van der Waals surface area contributed by atoms with E-state index in [4.69, 9.17) is 16.2 Å². The van der Waals surface area contributed by atoms with E-state index in [0.717, 1.165) is 32.9 Å². The van der Waals surface area contributed by atoms with Crippen molar-refractivity contribution in [3.63, 3.8) is 0 Å². The highest BCUT2D eigenvalue weighted by Gasteiger charge is 2.24. The number of hydrogen-bond acceptors (Lipinski definition) is 6. The first-order chi connectivity index (χ1) is 21.2. The summed E-state index contributed by atoms with van der Waals surface area (Å²) in [5.74, 6) is -3.04. The van der Waals surface area contributed by atoms with Gasteiger partial charge in [-0.3, -0.25) is 14.4 Å². The Morgan fingerprint density at radius 2 is 1.52 bits per heavy atom. The topological polar surface area (TPSA) is 205 Å². The number of H-pyrrole nitrogens is 2. The molecule has 3 amide bonds. The van der Waals surface area contributed by atoms with Crippen LogP contribution in [0.15, 0.2) is 79.1 Å². The molecular weight excluding hydrogens is 564 g/mol. The van der Waals surface area contributed by atoms with Crippen LogP contribution in [0.25, 0.3) is 21.8 Å². The number of rotatable bonds is 13. The summed E-state index contributed by atoms with van der Waals surface area (Å²) in [6.07, 6.45) is 3.85. The molecule has 0 aliphatic heterocycles. The van der Waals surface area contributed by atoms with E-state index in [0.29, 0.717) is 6.42 Å². The zero-order valence-corrected chi connectivity index (χ0v) is 23.6. The molecule has 3 aromatic carbocycles. The minimum atomic E-state index is -1.21. The predicted octanol–water partition coefficient (Wildman–Crippen LogP) is 2.84. The number of amides is 3. The third kappa shape index (κ3) is 6.88. The van der Waals surface area contributed by atoms with E-state index < -0.39 is 35.8 Å². The van der Waals surface area contributed by atoms with Gasteiger partial charge in [-0.15, -0.1) is 0 Å². The minimum Gasteiger partial charge on any atom is -0.491 e. The Bertz CT molecular complexity index is 1840. The van der Waals surface area contributed by atoms with Gasteiger partial charge in [0.2, 0.25) is 11.8 Å². The molecule has 0 radical (unpaired) electrons. The molecule has 2 aromatic heterocycles. The molecular formula is C32H32N6O6. The van der Waals surface area contributed by atoms with Crippen LogP contribution in [0.1, 0.15) is 27.9 Å².